The Morgan fingerprint density at radius 1 is 1.20 bits per heavy atom. The van der Waals surface area contributed by atoms with E-state index in [0.717, 1.165) is 5.56 Å². The Balaban J connectivity index is 2.43. The first-order chi connectivity index (χ1) is 9.27. The van der Waals surface area contributed by atoms with E-state index in [9.17, 15) is 4.39 Å². The summed E-state index contributed by atoms with van der Waals surface area (Å²) in [4.78, 5) is 8.82. The van der Waals surface area contributed by atoms with Crippen molar-refractivity contribution in [2.45, 2.75) is 33.1 Å². The van der Waals surface area contributed by atoms with Crippen LogP contribution in [0.15, 0.2) is 24.3 Å². The molecule has 0 aliphatic rings. The van der Waals surface area contributed by atoms with E-state index >= 15 is 0 Å². The summed E-state index contributed by atoms with van der Waals surface area (Å²) in [6, 6.07) is 6.22. The number of benzene rings is 1. The van der Waals surface area contributed by atoms with E-state index in [-0.39, 0.29) is 11.2 Å². The number of nitrogens with zero attached hydrogens (tertiary/aromatic N) is 2. The maximum absolute atomic E-state index is 13.2. The third-order valence-corrected chi connectivity index (χ3v) is 2.94. The van der Waals surface area contributed by atoms with Crippen molar-refractivity contribution in [1.82, 2.24) is 9.97 Å². The summed E-state index contributed by atoms with van der Waals surface area (Å²) >= 11 is 0. The van der Waals surface area contributed by atoms with Crippen molar-refractivity contribution in [3.63, 3.8) is 0 Å². The van der Waals surface area contributed by atoms with Gasteiger partial charge in [0.05, 0.1) is 0 Å². The van der Waals surface area contributed by atoms with Crippen LogP contribution < -0.4 is 11.1 Å². The lowest BCUT2D eigenvalue weighted by Crippen LogP contribution is -2.18. The lowest BCUT2D eigenvalue weighted by molar-refractivity contribution is 0.546. The van der Waals surface area contributed by atoms with Crippen LogP contribution in [0, 0.1) is 12.7 Å². The Kier molecular flexibility index (Phi) is 3.61. The molecule has 0 radical (unpaired) electrons. The van der Waals surface area contributed by atoms with Crippen molar-refractivity contribution >= 4 is 17.3 Å². The molecular formula is C15H19FN4. The van der Waals surface area contributed by atoms with E-state index in [1.807, 2.05) is 27.7 Å². The molecule has 4 nitrogen and oxygen atoms in total. The number of hydrogen-bond donors (Lipinski definition) is 2. The molecule has 0 saturated carbocycles. The quantitative estimate of drug-likeness (QED) is 0.879. The van der Waals surface area contributed by atoms with Gasteiger partial charge in [0.25, 0.3) is 0 Å². The zero-order chi connectivity index (χ0) is 14.9. The van der Waals surface area contributed by atoms with Gasteiger partial charge in [-0.3, -0.25) is 0 Å². The maximum atomic E-state index is 13.2. The van der Waals surface area contributed by atoms with Crippen molar-refractivity contribution in [2.24, 2.45) is 0 Å². The largest absolute Gasteiger partial charge is 0.383 e. The SMILES string of the molecule is Cc1c(N)nc(C(C)(C)C)nc1Nc1cccc(F)c1. The number of aromatic nitrogens is 2. The predicted molar refractivity (Wildman–Crippen MR) is 79.6 cm³/mol. The van der Waals surface area contributed by atoms with Crippen LogP contribution in [0.3, 0.4) is 0 Å². The van der Waals surface area contributed by atoms with Crippen molar-refractivity contribution in [3.05, 3.63) is 41.5 Å². The van der Waals surface area contributed by atoms with Crippen LogP contribution in [0.5, 0.6) is 0 Å². The number of rotatable bonds is 2. The highest BCUT2D eigenvalue weighted by Crippen LogP contribution is 2.26. The molecule has 0 bridgehead atoms. The first-order valence-corrected chi connectivity index (χ1v) is 6.44. The second-order valence-electron chi connectivity index (χ2n) is 5.79. The van der Waals surface area contributed by atoms with Crippen LogP contribution in [0.25, 0.3) is 0 Å². The van der Waals surface area contributed by atoms with Gasteiger partial charge >= 0.3 is 0 Å². The van der Waals surface area contributed by atoms with E-state index in [4.69, 9.17) is 5.73 Å². The lowest BCUT2D eigenvalue weighted by atomic mass is 9.95. The Labute approximate surface area is 118 Å². The number of anilines is 3. The minimum absolute atomic E-state index is 0.208. The molecule has 1 aromatic heterocycles. The summed E-state index contributed by atoms with van der Waals surface area (Å²) < 4.78 is 13.2. The molecule has 2 rings (SSSR count). The summed E-state index contributed by atoms with van der Waals surface area (Å²) in [5.41, 5.74) is 7.11. The smallest absolute Gasteiger partial charge is 0.139 e. The molecule has 0 fully saturated rings. The second kappa shape index (κ2) is 5.07. The molecule has 20 heavy (non-hydrogen) atoms. The molecule has 0 unspecified atom stereocenters. The average molecular weight is 274 g/mol. The predicted octanol–water partition coefficient (Wildman–Crippen LogP) is 3.55. The number of nitrogens with two attached hydrogens (primary N) is 1. The van der Waals surface area contributed by atoms with Crippen LogP contribution in [0.2, 0.25) is 0 Å². The van der Waals surface area contributed by atoms with Crippen LogP contribution >= 0.6 is 0 Å². The maximum Gasteiger partial charge on any atom is 0.139 e. The summed E-state index contributed by atoms with van der Waals surface area (Å²) in [7, 11) is 0. The van der Waals surface area contributed by atoms with Crippen LogP contribution in [-0.2, 0) is 5.41 Å². The van der Waals surface area contributed by atoms with Gasteiger partial charge in [-0.1, -0.05) is 26.8 Å². The highest BCUT2D eigenvalue weighted by Gasteiger charge is 2.20. The van der Waals surface area contributed by atoms with Crippen LogP contribution in [0.4, 0.5) is 21.7 Å². The van der Waals surface area contributed by atoms with Gasteiger partial charge in [-0.15, -0.1) is 0 Å². The van der Waals surface area contributed by atoms with Gasteiger partial charge in [0.2, 0.25) is 0 Å². The molecule has 106 valence electrons. The van der Waals surface area contributed by atoms with Crippen molar-refractivity contribution in [2.75, 3.05) is 11.1 Å². The highest BCUT2D eigenvalue weighted by atomic mass is 19.1. The van der Waals surface area contributed by atoms with Gasteiger partial charge in [-0.2, -0.15) is 0 Å². The van der Waals surface area contributed by atoms with E-state index < -0.39 is 0 Å². The van der Waals surface area contributed by atoms with Gasteiger partial charge in [0.15, 0.2) is 0 Å². The first-order valence-electron chi connectivity index (χ1n) is 6.44. The van der Waals surface area contributed by atoms with Crippen molar-refractivity contribution in [3.8, 4) is 0 Å². The summed E-state index contributed by atoms with van der Waals surface area (Å²) in [6.45, 7) is 7.89. The number of hydrogen-bond acceptors (Lipinski definition) is 4. The fourth-order valence-corrected chi connectivity index (χ4v) is 1.69. The lowest BCUT2D eigenvalue weighted by Gasteiger charge is -2.19. The number of nitrogens with one attached hydrogen (secondary N) is 1. The fraction of sp³-hybridized carbons (Fsp3) is 0.333. The Bertz CT molecular complexity index is 632. The molecule has 0 spiro atoms. The zero-order valence-corrected chi connectivity index (χ0v) is 12.2. The monoisotopic (exact) mass is 274 g/mol. The van der Waals surface area contributed by atoms with Crippen molar-refractivity contribution in [1.29, 1.82) is 0 Å². The van der Waals surface area contributed by atoms with E-state index in [2.05, 4.69) is 15.3 Å². The third-order valence-electron chi connectivity index (χ3n) is 2.94. The zero-order valence-electron chi connectivity index (χ0n) is 12.2. The van der Waals surface area contributed by atoms with Gasteiger partial charge in [-0.25, -0.2) is 14.4 Å². The number of nitrogen functional groups attached to an aromatic ring is 1. The highest BCUT2D eigenvalue weighted by molar-refractivity contribution is 5.63. The topological polar surface area (TPSA) is 63.8 Å². The molecule has 1 heterocycles. The molecule has 2 aromatic rings. The van der Waals surface area contributed by atoms with Gasteiger partial charge in [0, 0.05) is 16.7 Å². The van der Waals surface area contributed by atoms with E-state index in [1.165, 1.54) is 12.1 Å². The molecule has 0 aliphatic carbocycles. The second-order valence-corrected chi connectivity index (χ2v) is 5.79. The summed E-state index contributed by atoms with van der Waals surface area (Å²) in [5, 5.41) is 3.10. The summed E-state index contributed by atoms with van der Waals surface area (Å²) in [6.07, 6.45) is 0. The van der Waals surface area contributed by atoms with Crippen molar-refractivity contribution < 1.29 is 4.39 Å². The van der Waals surface area contributed by atoms with E-state index in [0.29, 0.717) is 23.1 Å². The van der Waals surface area contributed by atoms with Crippen LogP contribution in [-0.4, -0.2) is 9.97 Å². The normalized spacial score (nSPS) is 11.4. The molecule has 5 heteroatoms. The minimum Gasteiger partial charge on any atom is -0.383 e. The Hall–Kier alpha value is -2.17. The van der Waals surface area contributed by atoms with Crippen LogP contribution in [0.1, 0.15) is 32.2 Å². The van der Waals surface area contributed by atoms with Gasteiger partial charge < -0.3 is 11.1 Å². The first kappa shape index (κ1) is 14.2. The third kappa shape index (κ3) is 3.04. The number of halogens is 1. The molecule has 0 atom stereocenters. The fourth-order valence-electron chi connectivity index (χ4n) is 1.69. The standard InChI is InChI=1S/C15H19FN4/c1-9-12(17)19-14(15(2,3)4)20-13(9)18-11-7-5-6-10(16)8-11/h5-8H,1-4H3,(H3,17,18,19,20). The molecular weight excluding hydrogens is 255 g/mol. The van der Waals surface area contributed by atoms with E-state index in [1.54, 1.807) is 12.1 Å². The molecule has 0 amide bonds. The molecule has 0 aliphatic heterocycles. The van der Waals surface area contributed by atoms with Gasteiger partial charge in [-0.05, 0) is 25.1 Å². The average Bonchev–Trinajstić information content (AvgIpc) is 2.33. The summed E-state index contributed by atoms with van der Waals surface area (Å²) in [5.74, 6) is 1.39. The molecule has 3 N–H and O–H groups in total. The Morgan fingerprint density at radius 2 is 1.90 bits per heavy atom. The van der Waals surface area contributed by atoms with Gasteiger partial charge in [0.1, 0.15) is 23.3 Å². The molecule has 0 saturated heterocycles. The molecule has 1 aromatic carbocycles. The minimum atomic E-state index is -0.300. The Morgan fingerprint density at radius 3 is 2.50 bits per heavy atom.